The summed E-state index contributed by atoms with van der Waals surface area (Å²) in [4.78, 5) is 8.89. The second kappa shape index (κ2) is 7.47. The molecule has 0 aliphatic rings. The zero-order valence-electron chi connectivity index (χ0n) is 15.3. The first-order valence-electron chi connectivity index (χ1n) is 8.92. The topological polar surface area (TPSA) is 81.8 Å². The maximum atomic E-state index is 10.9. The maximum absolute atomic E-state index is 10.9. The van der Waals surface area contributed by atoms with Crippen LogP contribution in [0.4, 0.5) is 11.6 Å². The fourth-order valence-electron chi connectivity index (χ4n) is 3.09. The van der Waals surface area contributed by atoms with Crippen molar-refractivity contribution < 1.29 is 5.11 Å². The molecule has 0 fully saturated rings. The molecule has 0 saturated heterocycles. The number of aromatic nitrogens is 2. The first-order valence-corrected chi connectivity index (χ1v) is 8.92. The Balaban J connectivity index is 1.64. The molecule has 3 aromatic carbocycles. The summed E-state index contributed by atoms with van der Waals surface area (Å²) in [7, 11) is 0. The molecule has 4 rings (SSSR count). The molecule has 1 unspecified atom stereocenters. The molecule has 1 aromatic heterocycles. The van der Waals surface area contributed by atoms with Crippen molar-refractivity contribution in [1.29, 1.82) is 5.26 Å². The van der Waals surface area contributed by atoms with Crippen molar-refractivity contribution in [2.75, 3.05) is 5.32 Å². The minimum absolute atomic E-state index is 0.402. The second-order valence-electron chi connectivity index (χ2n) is 6.58. The standard InChI is InChI=1S/C23H18N4O/c1-15-12-21(22(28)19-9-8-17-4-2-3-5-18(17)13-19)27-23(25-15)26-20-10-6-16(14-24)7-11-20/h2-13,22,28H,1H3,(H,25,26,27). The fourth-order valence-corrected chi connectivity index (χ4v) is 3.09. The summed E-state index contributed by atoms with van der Waals surface area (Å²) in [6, 6.07) is 24.8. The summed E-state index contributed by atoms with van der Waals surface area (Å²) in [5.74, 6) is 0.402. The number of fused-ring (bicyclic) bond motifs is 1. The van der Waals surface area contributed by atoms with Gasteiger partial charge in [0.25, 0.3) is 0 Å². The normalized spacial score (nSPS) is 11.8. The fraction of sp³-hybridized carbons (Fsp3) is 0.0870. The summed E-state index contributed by atoms with van der Waals surface area (Å²) >= 11 is 0. The van der Waals surface area contributed by atoms with E-state index in [4.69, 9.17) is 5.26 Å². The molecule has 5 heteroatoms. The predicted octanol–water partition coefficient (Wildman–Crippen LogP) is 4.64. The molecule has 1 atom stereocenters. The van der Waals surface area contributed by atoms with E-state index in [1.165, 1.54) is 0 Å². The second-order valence-corrected chi connectivity index (χ2v) is 6.58. The number of nitrogens with one attached hydrogen (secondary N) is 1. The van der Waals surface area contributed by atoms with E-state index in [1.807, 2.05) is 49.4 Å². The van der Waals surface area contributed by atoms with E-state index >= 15 is 0 Å². The third-order valence-corrected chi connectivity index (χ3v) is 4.51. The lowest BCUT2D eigenvalue weighted by Gasteiger charge is -2.14. The quantitative estimate of drug-likeness (QED) is 0.550. The van der Waals surface area contributed by atoms with Gasteiger partial charge in [-0.05, 0) is 59.7 Å². The highest BCUT2D eigenvalue weighted by molar-refractivity contribution is 5.83. The molecule has 0 spiro atoms. The minimum atomic E-state index is -0.854. The van der Waals surface area contributed by atoms with Crippen LogP contribution in [-0.2, 0) is 0 Å². The van der Waals surface area contributed by atoms with Crippen molar-refractivity contribution in [2.24, 2.45) is 0 Å². The van der Waals surface area contributed by atoms with E-state index in [0.717, 1.165) is 27.7 Å². The average molecular weight is 366 g/mol. The number of aryl methyl sites for hydroxylation is 1. The molecule has 136 valence electrons. The molecule has 0 aliphatic carbocycles. The van der Waals surface area contributed by atoms with Gasteiger partial charge in [-0.1, -0.05) is 36.4 Å². The zero-order valence-corrected chi connectivity index (χ0v) is 15.3. The van der Waals surface area contributed by atoms with E-state index < -0.39 is 6.10 Å². The van der Waals surface area contributed by atoms with Crippen molar-refractivity contribution in [3.8, 4) is 6.07 Å². The number of hydrogen-bond acceptors (Lipinski definition) is 5. The number of aliphatic hydroxyl groups is 1. The third kappa shape index (κ3) is 3.68. The number of benzene rings is 3. The maximum Gasteiger partial charge on any atom is 0.227 e. The van der Waals surface area contributed by atoms with Gasteiger partial charge in [0.15, 0.2) is 0 Å². The number of nitrogens with zero attached hydrogens (tertiary/aromatic N) is 3. The van der Waals surface area contributed by atoms with Gasteiger partial charge in [-0.2, -0.15) is 5.26 Å². The van der Waals surface area contributed by atoms with Gasteiger partial charge in [0, 0.05) is 11.4 Å². The molecule has 0 amide bonds. The monoisotopic (exact) mass is 366 g/mol. The first-order chi connectivity index (χ1) is 13.6. The highest BCUT2D eigenvalue weighted by Crippen LogP contribution is 2.26. The van der Waals surface area contributed by atoms with Gasteiger partial charge in [-0.15, -0.1) is 0 Å². The molecule has 4 aromatic rings. The highest BCUT2D eigenvalue weighted by Gasteiger charge is 2.15. The number of nitriles is 1. The Hall–Kier alpha value is -3.75. The van der Waals surface area contributed by atoms with Gasteiger partial charge in [0.05, 0.1) is 17.3 Å². The largest absolute Gasteiger partial charge is 0.382 e. The van der Waals surface area contributed by atoms with Crippen LogP contribution in [0, 0.1) is 18.3 Å². The predicted molar refractivity (Wildman–Crippen MR) is 109 cm³/mol. The van der Waals surface area contributed by atoms with Gasteiger partial charge < -0.3 is 10.4 Å². The molecule has 2 N–H and O–H groups in total. The van der Waals surface area contributed by atoms with E-state index in [-0.39, 0.29) is 0 Å². The van der Waals surface area contributed by atoms with E-state index in [9.17, 15) is 5.11 Å². The Morgan fingerprint density at radius 1 is 0.929 bits per heavy atom. The van der Waals surface area contributed by atoms with E-state index in [0.29, 0.717) is 17.2 Å². The van der Waals surface area contributed by atoms with Crippen molar-refractivity contribution in [2.45, 2.75) is 13.0 Å². The molecule has 0 radical (unpaired) electrons. The Bertz CT molecular complexity index is 1180. The molecule has 1 heterocycles. The van der Waals surface area contributed by atoms with Crippen LogP contribution in [0.25, 0.3) is 10.8 Å². The molecule has 0 bridgehead atoms. The summed E-state index contributed by atoms with van der Waals surface area (Å²) in [5.41, 5.74) is 3.42. The molecule has 28 heavy (non-hydrogen) atoms. The number of aliphatic hydroxyl groups excluding tert-OH is 1. The first kappa shape index (κ1) is 17.7. The van der Waals surface area contributed by atoms with Gasteiger partial charge >= 0.3 is 0 Å². The van der Waals surface area contributed by atoms with Gasteiger partial charge in [-0.25, -0.2) is 9.97 Å². The Morgan fingerprint density at radius 3 is 2.43 bits per heavy atom. The van der Waals surface area contributed by atoms with Crippen molar-refractivity contribution in [3.63, 3.8) is 0 Å². The van der Waals surface area contributed by atoms with Crippen LogP contribution in [0.15, 0.2) is 72.8 Å². The Morgan fingerprint density at radius 2 is 1.68 bits per heavy atom. The number of anilines is 2. The SMILES string of the molecule is Cc1cc(C(O)c2ccc3ccccc3c2)nc(Nc2ccc(C#N)cc2)n1. The minimum Gasteiger partial charge on any atom is -0.382 e. The third-order valence-electron chi connectivity index (χ3n) is 4.51. The zero-order chi connectivity index (χ0) is 19.5. The van der Waals surface area contributed by atoms with Crippen LogP contribution in [0.5, 0.6) is 0 Å². The molecular formula is C23H18N4O. The summed E-state index contributed by atoms with van der Waals surface area (Å²) < 4.78 is 0. The van der Waals surface area contributed by atoms with Gasteiger partial charge in [0.1, 0.15) is 6.10 Å². The van der Waals surface area contributed by atoms with Crippen molar-refractivity contribution in [3.05, 3.63) is 95.3 Å². The highest BCUT2D eigenvalue weighted by atomic mass is 16.3. The summed E-state index contributed by atoms with van der Waals surface area (Å²) in [6.45, 7) is 1.86. The van der Waals surface area contributed by atoms with Crippen molar-refractivity contribution >= 4 is 22.4 Å². The Labute approximate surface area is 162 Å². The lowest BCUT2D eigenvalue weighted by atomic mass is 10.0. The lowest BCUT2D eigenvalue weighted by Crippen LogP contribution is -2.07. The van der Waals surface area contributed by atoms with Crippen LogP contribution < -0.4 is 5.32 Å². The summed E-state index contributed by atoms with van der Waals surface area (Å²) in [6.07, 6.45) is -0.854. The van der Waals surface area contributed by atoms with Crippen LogP contribution in [0.3, 0.4) is 0 Å². The molecule has 5 nitrogen and oxygen atoms in total. The molecular weight excluding hydrogens is 348 g/mol. The smallest absolute Gasteiger partial charge is 0.227 e. The molecule has 0 saturated carbocycles. The van der Waals surface area contributed by atoms with Gasteiger partial charge in [-0.3, -0.25) is 0 Å². The molecule has 0 aliphatic heterocycles. The van der Waals surface area contributed by atoms with Gasteiger partial charge in [0.2, 0.25) is 5.95 Å². The summed E-state index contributed by atoms with van der Waals surface area (Å²) in [5, 5.41) is 25.1. The number of rotatable bonds is 4. The van der Waals surface area contributed by atoms with E-state index in [1.54, 1.807) is 30.3 Å². The van der Waals surface area contributed by atoms with Crippen LogP contribution in [0.1, 0.15) is 28.6 Å². The van der Waals surface area contributed by atoms with Crippen LogP contribution in [0.2, 0.25) is 0 Å². The van der Waals surface area contributed by atoms with Crippen LogP contribution >= 0.6 is 0 Å². The van der Waals surface area contributed by atoms with Crippen molar-refractivity contribution in [1.82, 2.24) is 9.97 Å². The number of hydrogen-bond donors (Lipinski definition) is 2. The lowest BCUT2D eigenvalue weighted by molar-refractivity contribution is 0.215. The average Bonchev–Trinajstić information content (AvgIpc) is 2.73. The Kier molecular flexibility index (Phi) is 4.71. The van der Waals surface area contributed by atoms with Crippen LogP contribution in [-0.4, -0.2) is 15.1 Å². The van der Waals surface area contributed by atoms with E-state index in [2.05, 4.69) is 21.4 Å².